The summed E-state index contributed by atoms with van der Waals surface area (Å²) in [5.41, 5.74) is 0. The van der Waals surface area contributed by atoms with Gasteiger partial charge in [-0.1, -0.05) is 6.42 Å². The summed E-state index contributed by atoms with van der Waals surface area (Å²) in [5, 5.41) is 0. The summed E-state index contributed by atoms with van der Waals surface area (Å²) in [6.45, 7) is 1.77. The average molecular weight is 249 g/mol. The van der Waals surface area contributed by atoms with E-state index in [1.54, 1.807) is 19.2 Å². The van der Waals surface area contributed by atoms with E-state index in [0.717, 1.165) is 13.1 Å². The number of likely N-dealkylation sites (tertiary alicyclic amines) is 1. The minimum Gasteiger partial charge on any atom is -0.468 e. The van der Waals surface area contributed by atoms with Gasteiger partial charge in [-0.15, -0.1) is 0 Å². The van der Waals surface area contributed by atoms with Crippen LogP contribution in [0.1, 0.15) is 36.2 Å². The van der Waals surface area contributed by atoms with Crippen LogP contribution in [0.5, 0.6) is 5.95 Å². The van der Waals surface area contributed by atoms with Gasteiger partial charge in [-0.3, -0.25) is 4.79 Å². The number of methoxy groups -OCH3 is 1. The van der Waals surface area contributed by atoms with Crippen molar-refractivity contribution < 1.29 is 13.9 Å². The van der Waals surface area contributed by atoms with Crippen molar-refractivity contribution in [3.8, 4) is 5.95 Å². The number of rotatable bonds is 2. The maximum atomic E-state index is 12.3. The van der Waals surface area contributed by atoms with Crippen molar-refractivity contribution in [1.29, 1.82) is 0 Å². The molecule has 4 heteroatoms. The minimum atomic E-state index is 0.00917. The smallest absolute Gasteiger partial charge is 0.289 e. The van der Waals surface area contributed by atoms with Crippen molar-refractivity contribution in [2.45, 2.75) is 25.7 Å². The van der Waals surface area contributed by atoms with E-state index in [1.807, 2.05) is 4.90 Å². The van der Waals surface area contributed by atoms with Gasteiger partial charge < -0.3 is 14.1 Å². The van der Waals surface area contributed by atoms with Gasteiger partial charge in [-0.05, 0) is 37.2 Å². The Balaban J connectivity index is 1.72. The van der Waals surface area contributed by atoms with Crippen molar-refractivity contribution in [3.05, 3.63) is 17.9 Å². The zero-order valence-electron chi connectivity index (χ0n) is 10.7. The lowest BCUT2D eigenvalue weighted by Crippen LogP contribution is -2.45. The molecule has 0 spiro atoms. The first kappa shape index (κ1) is 11.6. The number of carbonyl (C=O) groups excluding carboxylic acids is 1. The first-order valence-electron chi connectivity index (χ1n) is 6.69. The van der Waals surface area contributed by atoms with Crippen LogP contribution in [0.4, 0.5) is 0 Å². The zero-order chi connectivity index (χ0) is 12.5. The van der Waals surface area contributed by atoms with Gasteiger partial charge in [-0.2, -0.15) is 0 Å². The molecule has 2 heterocycles. The Morgan fingerprint density at radius 1 is 1.33 bits per heavy atom. The molecule has 2 bridgehead atoms. The quantitative estimate of drug-likeness (QED) is 0.809. The number of nitrogens with zero attached hydrogens (tertiary/aromatic N) is 1. The summed E-state index contributed by atoms with van der Waals surface area (Å²) >= 11 is 0. The highest BCUT2D eigenvalue weighted by Gasteiger charge is 2.33. The van der Waals surface area contributed by atoms with Crippen molar-refractivity contribution in [2.75, 3.05) is 20.2 Å². The van der Waals surface area contributed by atoms with Gasteiger partial charge in [-0.25, -0.2) is 0 Å². The number of ether oxygens (including phenoxy) is 1. The van der Waals surface area contributed by atoms with Crippen molar-refractivity contribution in [3.63, 3.8) is 0 Å². The van der Waals surface area contributed by atoms with Crippen LogP contribution < -0.4 is 4.74 Å². The fourth-order valence-electron chi connectivity index (χ4n) is 3.30. The second-order valence-electron chi connectivity index (χ2n) is 5.43. The van der Waals surface area contributed by atoms with Crippen LogP contribution in [-0.2, 0) is 0 Å². The molecule has 18 heavy (non-hydrogen) atoms. The van der Waals surface area contributed by atoms with Crippen LogP contribution in [0.25, 0.3) is 0 Å². The largest absolute Gasteiger partial charge is 0.468 e. The van der Waals surface area contributed by atoms with Gasteiger partial charge in [0.05, 0.1) is 7.11 Å². The molecule has 4 nitrogen and oxygen atoms in total. The van der Waals surface area contributed by atoms with Gasteiger partial charge in [0.25, 0.3) is 11.9 Å². The van der Waals surface area contributed by atoms with E-state index >= 15 is 0 Å². The number of amides is 1. The predicted octanol–water partition coefficient (Wildman–Crippen LogP) is 2.55. The van der Waals surface area contributed by atoms with E-state index in [9.17, 15) is 4.79 Å². The molecule has 1 aliphatic heterocycles. The molecule has 1 amide bonds. The number of hydrogen-bond acceptors (Lipinski definition) is 3. The molecule has 0 N–H and O–H groups in total. The summed E-state index contributed by atoms with van der Waals surface area (Å²) in [5.74, 6) is 2.19. The molecule has 1 saturated heterocycles. The second-order valence-corrected chi connectivity index (χ2v) is 5.43. The van der Waals surface area contributed by atoms with Crippen LogP contribution in [0, 0.1) is 11.8 Å². The molecule has 0 radical (unpaired) electrons. The Hall–Kier alpha value is -1.45. The van der Waals surface area contributed by atoms with E-state index in [-0.39, 0.29) is 5.91 Å². The highest BCUT2D eigenvalue weighted by atomic mass is 16.6. The van der Waals surface area contributed by atoms with Gasteiger partial charge in [0, 0.05) is 19.2 Å². The van der Waals surface area contributed by atoms with Crippen molar-refractivity contribution in [1.82, 2.24) is 4.90 Å². The number of piperidine rings is 1. The van der Waals surface area contributed by atoms with Crippen LogP contribution in [0.15, 0.2) is 16.5 Å². The Kier molecular flexibility index (Phi) is 3.02. The maximum Gasteiger partial charge on any atom is 0.289 e. The average Bonchev–Trinajstić information content (AvgIpc) is 2.86. The summed E-state index contributed by atoms with van der Waals surface area (Å²) < 4.78 is 10.3. The first-order chi connectivity index (χ1) is 8.76. The lowest BCUT2D eigenvalue weighted by Gasteiger charge is -2.41. The molecular weight excluding hydrogens is 230 g/mol. The van der Waals surface area contributed by atoms with Crippen LogP contribution >= 0.6 is 0 Å². The van der Waals surface area contributed by atoms with Gasteiger partial charge in [0.2, 0.25) is 0 Å². The topological polar surface area (TPSA) is 42.7 Å². The lowest BCUT2D eigenvalue weighted by molar-refractivity contribution is 0.0471. The number of fused-ring (bicyclic) bond motifs is 2. The van der Waals surface area contributed by atoms with E-state index < -0.39 is 0 Å². The lowest BCUT2D eigenvalue weighted by atomic mass is 9.78. The van der Waals surface area contributed by atoms with E-state index in [2.05, 4.69) is 0 Å². The number of carbonyl (C=O) groups is 1. The van der Waals surface area contributed by atoms with Crippen LogP contribution in [0.2, 0.25) is 0 Å². The fraction of sp³-hybridized carbons (Fsp3) is 0.643. The number of furan rings is 1. The normalized spacial score (nSPS) is 27.1. The summed E-state index contributed by atoms with van der Waals surface area (Å²) in [7, 11) is 1.54. The van der Waals surface area contributed by atoms with Gasteiger partial charge >= 0.3 is 0 Å². The standard InChI is InChI=1S/C14H19NO3/c1-17-13-6-5-12(18-13)14(16)15-8-10-3-2-4-11(7-10)9-15/h5-6,10-11H,2-4,7-9H2,1H3/t10-,11-/m1/s1. The highest BCUT2D eigenvalue weighted by Crippen LogP contribution is 2.35. The third-order valence-electron chi connectivity index (χ3n) is 4.13. The molecule has 2 fully saturated rings. The molecule has 3 rings (SSSR count). The SMILES string of the molecule is COc1ccc(C(=O)N2C[C@@H]3CCC[C@H](C3)C2)o1. The van der Waals surface area contributed by atoms with Gasteiger partial charge in [0.15, 0.2) is 5.76 Å². The third kappa shape index (κ3) is 2.11. The van der Waals surface area contributed by atoms with Crippen LogP contribution in [-0.4, -0.2) is 31.0 Å². The number of hydrogen-bond donors (Lipinski definition) is 0. The second kappa shape index (κ2) is 4.67. The molecule has 2 aliphatic rings. The molecule has 0 unspecified atom stereocenters. The first-order valence-corrected chi connectivity index (χ1v) is 6.69. The van der Waals surface area contributed by atoms with E-state index in [1.165, 1.54) is 25.7 Å². The third-order valence-corrected chi connectivity index (χ3v) is 4.13. The van der Waals surface area contributed by atoms with E-state index in [0.29, 0.717) is 23.5 Å². The Labute approximate surface area is 107 Å². The Morgan fingerprint density at radius 2 is 2.06 bits per heavy atom. The van der Waals surface area contributed by atoms with Crippen molar-refractivity contribution >= 4 is 5.91 Å². The minimum absolute atomic E-state index is 0.00917. The summed E-state index contributed by atoms with van der Waals surface area (Å²) in [6.07, 6.45) is 5.15. The van der Waals surface area contributed by atoms with Crippen molar-refractivity contribution in [2.24, 2.45) is 11.8 Å². The highest BCUT2D eigenvalue weighted by molar-refractivity contribution is 5.91. The monoisotopic (exact) mass is 249 g/mol. The Morgan fingerprint density at radius 3 is 2.67 bits per heavy atom. The molecule has 2 atom stereocenters. The summed E-state index contributed by atoms with van der Waals surface area (Å²) in [6, 6.07) is 3.39. The summed E-state index contributed by atoms with van der Waals surface area (Å²) in [4.78, 5) is 14.3. The molecule has 1 aromatic heterocycles. The molecular formula is C14H19NO3. The van der Waals surface area contributed by atoms with Crippen LogP contribution in [0.3, 0.4) is 0 Å². The molecule has 1 aromatic rings. The predicted molar refractivity (Wildman–Crippen MR) is 66.6 cm³/mol. The van der Waals surface area contributed by atoms with E-state index in [4.69, 9.17) is 9.15 Å². The molecule has 0 aromatic carbocycles. The zero-order valence-corrected chi connectivity index (χ0v) is 10.7. The molecule has 1 aliphatic carbocycles. The maximum absolute atomic E-state index is 12.3. The van der Waals surface area contributed by atoms with Gasteiger partial charge in [0.1, 0.15) is 0 Å². The molecule has 98 valence electrons. The molecule has 1 saturated carbocycles. The fourth-order valence-corrected chi connectivity index (χ4v) is 3.30. The Bertz CT molecular complexity index is 428.